The molecule has 18 heavy (non-hydrogen) atoms. The third-order valence-electron chi connectivity index (χ3n) is 2.89. The Morgan fingerprint density at radius 3 is 2.94 bits per heavy atom. The highest BCUT2D eigenvalue weighted by Crippen LogP contribution is 2.30. The molecule has 1 fully saturated rings. The lowest BCUT2D eigenvalue weighted by Crippen LogP contribution is -2.37. The van der Waals surface area contributed by atoms with Crippen molar-refractivity contribution in [1.29, 1.82) is 0 Å². The number of aliphatic hydroxyl groups is 2. The van der Waals surface area contributed by atoms with Crippen LogP contribution in [0.4, 0.5) is 5.82 Å². The first-order valence-electron chi connectivity index (χ1n) is 5.40. The summed E-state index contributed by atoms with van der Waals surface area (Å²) in [6.45, 7) is -0.366. The lowest BCUT2D eigenvalue weighted by atomic mass is 10.1. The maximum Gasteiger partial charge on any atom is 0.351 e. The number of methoxy groups -OCH3 is 1. The molecule has 0 aromatic carbocycles. The second-order valence-corrected chi connectivity index (χ2v) is 3.98. The SMILES string of the molecule is CO[C@@H]1[C@@H](O)[C@H](CO)O[C@@H]1n1ccc(N)nc1=O. The van der Waals surface area contributed by atoms with Crippen molar-refractivity contribution >= 4 is 5.82 Å². The monoisotopic (exact) mass is 257 g/mol. The van der Waals surface area contributed by atoms with Crippen molar-refractivity contribution in [1.82, 2.24) is 9.55 Å². The van der Waals surface area contributed by atoms with Crippen molar-refractivity contribution < 1.29 is 19.7 Å². The average Bonchev–Trinajstić information content (AvgIpc) is 2.65. The van der Waals surface area contributed by atoms with Crippen molar-refractivity contribution in [3.05, 3.63) is 22.7 Å². The second-order valence-electron chi connectivity index (χ2n) is 3.98. The number of hydrogen-bond donors (Lipinski definition) is 3. The fourth-order valence-electron chi connectivity index (χ4n) is 1.97. The van der Waals surface area contributed by atoms with E-state index in [1.165, 1.54) is 23.9 Å². The summed E-state index contributed by atoms with van der Waals surface area (Å²) in [7, 11) is 1.39. The first-order chi connectivity index (χ1) is 8.58. The number of ether oxygens (including phenoxy) is 2. The molecule has 4 N–H and O–H groups in total. The number of anilines is 1. The quantitative estimate of drug-likeness (QED) is 0.578. The summed E-state index contributed by atoms with van der Waals surface area (Å²) in [5, 5.41) is 18.9. The molecular weight excluding hydrogens is 242 g/mol. The molecule has 0 spiro atoms. The summed E-state index contributed by atoms with van der Waals surface area (Å²) in [6, 6.07) is 1.44. The predicted molar refractivity (Wildman–Crippen MR) is 60.7 cm³/mol. The minimum Gasteiger partial charge on any atom is -0.394 e. The van der Waals surface area contributed by atoms with E-state index in [0.29, 0.717) is 0 Å². The molecule has 0 unspecified atom stereocenters. The molecule has 2 rings (SSSR count). The minimum atomic E-state index is -1.02. The Morgan fingerprint density at radius 2 is 2.39 bits per heavy atom. The molecule has 2 heterocycles. The molecule has 0 saturated carbocycles. The average molecular weight is 257 g/mol. The summed E-state index contributed by atoms with van der Waals surface area (Å²) in [5.74, 6) is 0.0995. The topological polar surface area (TPSA) is 120 Å². The van der Waals surface area contributed by atoms with E-state index in [1.807, 2.05) is 0 Å². The van der Waals surface area contributed by atoms with Crippen LogP contribution in [-0.4, -0.2) is 51.8 Å². The maximum atomic E-state index is 11.7. The fourth-order valence-corrected chi connectivity index (χ4v) is 1.97. The van der Waals surface area contributed by atoms with Crippen LogP contribution in [0.2, 0.25) is 0 Å². The van der Waals surface area contributed by atoms with Gasteiger partial charge in [0.25, 0.3) is 0 Å². The Kier molecular flexibility index (Phi) is 3.62. The molecule has 0 bridgehead atoms. The Morgan fingerprint density at radius 1 is 1.67 bits per heavy atom. The summed E-state index contributed by atoms with van der Waals surface area (Å²) in [6.07, 6.45) is -2.01. The first kappa shape index (κ1) is 13.0. The normalized spacial score (nSPS) is 31.7. The number of rotatable bonds is 3. The lowest BCUT2D eigenvalue weighted by Gasteiger charge is -2.20. The zero-order valence-electron chi connectivity index (χ0n) is 9.76. The number of nitrogens with two attached hydrogens (primary N) is 1. The van der Waals surface area contributed by atoms with Gasteiger partial charge in [-0.1, -0.05) is 0 Å². The van der Waals surface area contributed by atoms with Gasteiger partial charge in [0.05, 0.1) is 6.61 Å². The van der Waals surface area contributed by atoms with Gasteiger partial charge in [-0.05, 0) is 6.07 Å². The van der Waals surface area contributed by atoms with Crippen LogP contribution in [0.25, 0.3) is 0 Å². The summed E-state index contributed by atoms with van der Waals surface area (Å²) < 4.78 is 11.7. The van der Waals surface area contributed by atoms with Crippen molar-refractivity contribution in [3.8, 4) is 0 Å². The van der Waals surface area contributed by atoms with Crippen LogP contribution < -0.4 is 11.4 Å². The highest BCUT2D eigenvalue weighted by Gasteiger charge is 2.45. The predicted octanol–water partition coefficient (Wildman–Crippen LogP) is -1.91. The van der Waals surface area contributed by atoms with Gasteiger partial charge in [-0.25, -0.2) is 4.79 Å². The van der Waals surface area contributed by atoms with Crippen LogP contribution in [0.3, 0.4) is 0 Å². The molecule has 1 aliphatic rings. The number of aliphatic hydroxyl groups excluding tert-OH is 2. The first-order valence-corrected chi connectivity index (χ1v) is 5.40. The number of aromatic nitrogens is 2. The highest BCUT2D eigenvalue weighted by molar-refractivity contribution is 5.23. The third-order valence-corrected chi connectivity index (χ3v) is 2.89. The largest absolute Gasteiger partial charge is 0.394 e. The molecule has 100 valence electrons. The van der Waals surface area contributed by atoms with Gasteiger partial charge in [0.15, 0.2) is 6.23 Å². The van der Waals surface area contributed by atoms with E-state index >= 15 is 0 Å². The van der Waals surface area contributed by atoms with E-state index < -0.39 is 30.2 Å². The molecule has 0 amide bonds. The molecule has 8 nitrogen and oxygen atoms in total. The van der Waals surface area contributed by atoms with E-state index in [-0.39, 0.29) is 12.4 Å². The second kappa shape index (κ2) is 5.02. The Balaban J connectivity index is 2.35. The molecule has 1 aromatic rings. The Bertz CT molecular complexity index is 477. The van der Waals surface area contributed by atoms with Crippen LogP contribution in [0, 0.1) is 0 Å². The molecule has 0 radical (unpaired) electrons. The van der Waals surface area contributed by atoms with Gasteiger partial charge in [0.2, 0.25) is 0 Å². The zero-order valence-corrected chi connectivity index (χ0v) is 9.76. The van der Waals surface area contributed by atoms with E-state index in [9.17, 15) is 9.90 Å². The van der Waals surface area contributed by atoms with Gasteiger partial charge in [0, 0.05) is 13.3 Å². The van der Waals surface area contributed by atoms with Crippen LogP contribution in [-0.2, 0) is 9.47 Å². The molecule has 0 aliphatic carbocycles. The van der Waals surface area contributed by atoms with E-state index in [1.54, 1.807) is 0 Å². The van der Waals surface area contributed by atoms with E-state index in [0.717, 1.165) is 0 Å². The number of hydrogen-bond acceptors (Lipinski definition) is 7. The van der Waals surface area contributed by atoms with Gasteiger partial charge >= 0.3 is 5.69 Å². The molecule has 1 saturated heterocycles. The van der Waals surface area contributed by atoms with Crippen LogP contribution in [0.5, 0.6) is 0 Å². The van der Waals surface area contributed by atoms with Crippen molar-refractivity contribution in [2.75, 3.05) is 19.5 Å². The summed E-state index contributed by atoms with van der Waals surface area (Å²) in [4.78, 5) is 15.3. The van der Waals surface area contributed by atoms with Gasteiger partial charge in [0.1, 0.15) is 24.1 Å². The lowest BCUT2D eigenvalue weighted by molar-refractivity contribution is -0.0624. The van der Waals surface area contributed by atoms with Gasteiger partial charge < -0.3 is 25.4 Å². The van der Waals surface area contributed by atoms with Gasteiger partial charge in [-0.3, -0.25) is 4.57 Å². The highest BCUT2D eigenvalue weighted by atomic mass is 16.6. The summed E-state index contributed by atoms with van der Waals surface area (Å²) >= 11 is 0. The molecule has 1 aliphatic heterocycles. The number of nitrogens with zero attached hydrogens (tertiary/aromatic N) is 2. The van der Waals surface area contributed by atoms with E-state index in [2.05, 4.69) is 4.98 Å². The van der Waals surface area contributed by atoms with Crippen LogP contribution in [0.15, 0.2) is 17.1 Å². The fraction of sp³-hybridized carbons (Fsp3) is 0.600. The van der Waals surface area contributed by atoms with Crippen LogP contribution in [0.1, 0.15) is 6.23 Å². The summed E-state index contributed by atoms with van der Waals surface area (Å²) in [5.41, 5.74) is 4.78. The maximum absolute atomic E-state index is 11.7. The van der Waals surface area contributed by atoms with Crippen molar-refractivity contribution in [3.63, 3.8) is 0 Å². The molecular formula is C10H15N3O5. The number of nitrogen functional groups attached to an aromatic ring is 1. The van der Waals surface area contributed by atoms with Gasteiger partial charge in [-0.2, -0.15) is 4.98 Å². The molecule has 8 heteroatoms. The van der Waals surface area contributed by atoms with Gasteiger partial charge in [-0.15, -0.1) is 0 Å². The van der Waals surface area contributed by atoms with E-state index in [4.69, 9.17) is 20.3 Å². The smallest absolute Gasteiger partial charge is 0.351 e. The van der Waals surface area contributed by atoms with Crippen LogP contribution >= 0.6 is 0 Å². The Labute approximate surface area is 103 Å². The third kappa shape index (κ3) is 2.10. The van der Waals surface area contributed by atoms with Crippen molar-refractivity contribution in [2.45, 2.75) is 24.5 Å². The zero-order chi connectivity index (χ0) is 13.3. The minimum absolute atomic E-state index is 0.0995. The molecule has 1 aromatic heterocycles. The standard InChI is InChI=1S/C10H15N3O5/c1-17-8-7(15)5(4-14)18-9(8)13-3-2-6(11)12-10(13)16/h2-3,5,7-9,14-15H,4H2,1H3,(H2,11,12,16)/t5-,7-,8+,9-/m0/s1. The van der Waals surface area contributed by atoms with Crippen molar-refractivity contribution in [2.24, 2.45) is 0 Å². The molecule has 4 atom stereocenters. The Hall–Kier alpha value is -1.48.